The molecule has 2 aromatic carbocycles. The fourth-order valence-corrected chi connectivity index (χ4v) is 5.41. The second-order valence-electron chi connectivity index (χ2n) is 9.11. The quantitative estimate of drug-likeness (QED) is 0.338. The van der Waals surface area contributed by atoms with Gasteiger partial charge in [0, 0.05) is 42.3 Å². The zero-order valence-electron chi connectivity index (χ0n) is 21.3. The maximum absolute atomic E-state index is 13.9. The number of hydrogen-bond acceptors (Lipinski definition) is 7. The Morgan fingerprint density at radius 3 is 2.37 bits per heavy atom. The molecule has 1 saturated heterocycles. The average molecular weight is 515 g/mol. The normalized spacial score (nSPS) is 14.1. The largest absolute Gasteiger partial charge is 0.493 e. The molecule has 194 valence electrons. The number of nitrogens with zero attached hydrogens (tertiary/aromatic N) is 4. The van der Waals surface area contributed by atoms with Crippen LogP contribution in [0.4, 0.5) is 4.79 Å². The molecule has 0 N–H and O–H groups in total. The Morgan fingerprint density at radius 2 is 1.66 bits per heavy atom. The Hall–Kier alpha value is -4.60. The summed E-state index contributed by atoms with van der Waals surface area (Å²) in [6.45, 7) is 3.57. The molecule has 6 rings (SSSR count). The zero-order chi connectivity index (χ0) is 26.6. The lowest BCUT2D eigenvalue weighted by Gasteiger charge is -2.33. The first kappa shape index (κ1) is 23.8. The predicted octanol–water partition coefficient (Wildman–Crippen LogP) is 3.52. The number of amides is 2. The van der Waals surface area contributed by atoms with Gasteiger partial charge in [-0.2, -0.15) is 0 Å². The highest BCUT2D eigenvalue weighted by Crippen LogP contribution is 2.39. The minimum atomic E-state index is -0.373. The summed E-state index contributed by atoms with van der Waals surface area (Å²) in [4.78, 5) is 47.8. The summed E-state index contributed by atoms with van der Waals surface area (Å²) in [5.41, 5.74) is 1.93. The molecular weight excluding hydrogens is 488 g/mol. The molecule has 0 unspecified atom stereocenters. The highest BCUT2D eigenvalue weighted by molar-refractivity contribution is 6.21. The molecule has 1 aliphatic rings. The first-order chi connectivity index (χ1) is 18.5. The van der Waals surface area contributed by atoms with Gasteiger partial charge in [0.1, 0.15) is 5.69 Å². The SMILES string of the molecule is CCOC(=O)N1CCN(C(=O)c2cc3c4ccccc4n4c(=O)c5c(OC)c(OC)ccc5c(n2)c34)CC1. The molecule has 0 radical (unpaired) electrons. The molecule has 0 atom stereocenters. The molecule has 0 saturated carbocycles. The van der Waals surface area contributed by atoms with Gasteiger partial charge in [0.25, 0.3) is 11.5 Å². The van der Waals surface area contributed by atoms with Crippen LogP contribution in [0.15, 0.2) is 47.3 Å². The Balaban J connectivity index is 1.56. The van der Waals surface area contributed by atoms with Gasteiger partial charge in [-0.15, -0.1) is 0 Å². The molecule has 0 spiro atoms. The van der Waals surface area contributed by atoms with Crippen molar-refractivity contribution in [2.75, 3.05) is 47.0 Å². The number of hydrogen-bond donors (Lipinski definition) is 0. The van der Waals surface area contributed by atoms with Gasteiger partial charge in [0.2, 0.25) is 0 Å². The molecule has 1 aliphatic heterocycles. The summed E-state index contributed by atoms with van der Waals surface area (Å²) in [7, 11) is 3.01. The van der Waals surface area contributed by atoms with E-state index in [1.165, 1.54) is 14.2 Å². The number of aromatic nitrogens is 2. The predicted molar refractivity (Wildman–Crippen MR) is 143 cm³/mol. The molecule has 4 heterocycles. The average Bonchev–Trinajstić information content (AvgIpc) is 3.29. The maximum atomic E-state index is 13.9. The Kier molecular flexibility index (Phi) is 5.67. The highest BCUT2D eigenvalue weighted by atomic mass is 16.6. The standard InChI is InChI=1S/C28H26N4O6/c1-4-38-28(35)31-13-11-30(12-14-31)26(33)19-15-18-16-7-5-6-8-20(16)32-24(18)23(29-19)17-9-10-21(36-2)25(37-3)22(17)27(32)34/h5-10,15H,4,11-14H2,1-3H3. The van der Waals surface area contributed by atoms with Crippen molar-refractivity contribution in [3.05, 3.63) is 58.5 Å². The van der Waals surface area contributed by atoms with Gasteiger partial charge in [0.05, 0.1) is 42.8 Å². The van der Waals surface area contributed by atoms with E-state index in [-0.39, 0.29) is 23.3 Å². The van der Waals surface area contributed by atoms with Crippen LogP contribution < -0.4 is 15.0 Å². The lowest BCUT2D eigenvalue weighted by molar-refractivity contribution is 0.0566. The van der Waals surface area contributed by atoms with Crippen LogP contribution in [0.2, 0.25) is 0 Å². The minimum absolute atomic E-state index is 0.234. The third-order valence-corrected chi connectivity index (χ3v) is 7.18. The number of ether oxygens (including phenoxy) is 3. The summed E-state index contributed by atoms with van der Waals surface area (Å²) in [5.74, 6) is 0.519. The third kappa shape index (κ3) is 3.40. The molecule has 0 aliphatic carbocycles. The van der Waals surface area contributed by atoms with Gasteiger partial charge in [-0.05, 0) is 31.2 Å². The fourth-order valence-electron chi connectivity index (χ4n) is 5.41. The van der Waals surface area contributed by atoms with Gasteiger partial charge in [-0.25, -0.2) is 9.78 Å². The number of benzene rings is 2. The van der Waals surface area contributed by atoms with Crippen LogP contribution in [0.25, 0.3) is 38.1 Å². The molecule has 0 bridgehead atoms. The van der Waals surface area contributed by atoms with E-state index < -0.39 is 0 Å². The first-order valence-electron chi connectivity index (χ1n) is 12.4. The van der Waals surface area contributed by atoms with Crippen molar-refractivity contribution in [2.24, 2.45) is 0 Å². The van der Waals surface area contributed by atoms with Gasteiger partial charge >= 0.3 is 6.09 Å². The smallest absolute Gasteiger partial charge is 0.409 e. The summed E-state index contributed by atoms with van der Waals surface area (Å²) in [6.07, 6.45) is -0.373. The topological polar surface area (TPSA) is 103 Å². The Bertz CT molecular complexity index is 1790. The molecule has 5 aromatic rings. The lowest BCUT2D eigenvalue weighted by atomic mass is 10.1. The lowest BCUT2D eigenvalue weighted by Crippen LogP contribution is -2.50. The minimum Gasteiger partial charge on any atom is -0.493 e. The van der Waals surface area contributed by atoms with E-state index in [0.29, 0.717) is 66.1 Å². The second kappa shape index (κ2) is 9.05. The van der Waals surface area contributed by atoms with E-state index in [2.05, 4.69) is 0 Å². The van der Waals surface area contributed by atoms with E-state index >= 15 is 0 Å². The van der Waals surface area contributed by atoms with E-state index in [4.69, 9.17) is 19.2 Å². The third-order valence-electron chi connectivity index (χ3n) is 7.18. The van der Waals surface area contributed by atoms with Crippen molar-refractivity contribution in [1.29, 1.82) is 0 Å². The number of carbonyl (C=O) groups is 2. The first-order valence-corrected chi connectivity index (χ1v) is 12.4. The number of fused-ring (bicyclic) bond motifs is 5. The van der Waals surface area contributed by atoms with Crippen molar-refractivity contribution >= 4 is 50.1 Å². The number of carbonyl (C=O) groups excluding carboxylic acids is 2. The zero-order valence-corrected chi connectivity index (χ0v) is 21.3. The summed E-state index contributed by atoms with van der Waals surface area (Å²) < 4.78 is 17.8. The van der Waals surface area contributed by atoms with E-state index in [1.54, 1.807) is 39.3 Å². The number of piperazine rings is 1. The molecule has 38 heavy (non-hydrogen) atoms. The van der Waals surface area contributed by atoms with Crippen molar-refractivity contribution in [3.8, 4) is 11.5 Å². The molecular formula is C28H26N4O6. The Morgan fingerprint density at radius 1 is 0.921 bits per heavy atom. The molecule has 1 fully saturated rings. The number of para-hydroxylation sites is 1. The van der Waals surface area contributed by atoms with Crippen molar-refractivity contribution in [1.82, 2.24) is 19.2 Å². The van der Waals surface area contributed by atoms with Crippen LogP contribution in [0.5, 0.6) is 11.5 Å². The van der Waals surface area contributed by atoms with Crippen molar-refractivity contribution < 1.29 is 23.8 Å². The highest BCUT2D eigenvalue weighted by Gasteiger charge is 2.28. The van der Waals surface area contributed by atoms with Crippen molar-refractivity contribution in [3.63, 3.8) is 0 Å². The molecule has 2 amide bonds. The number of rotatable bonds is 4. The van der Waals surface area contributed by atoms with E-state index in [1.807, 2.05) is 24.3 Å². The van der Waals surface area contributed by atoms with Crippen LogP contribution >= 0.6 is 0 Å². The monoisotopic (exact) mass is 514 g/mol. The van der Waals surface area contributed by atoms with Gasteiger partial charge in [-0.1, -0.05) is 18.2 Å². The van der Waals surface area contributed by atoms with Crippen LogP contribution in [-0.2, 0) is 4.74 Å². The Labute approximate surface area is 217 Å². The van der Waals surface area contributed by atoms with Crippen LogP contribution in [0, 0.1) is 0 Å². The van der Waals surface area contributed by atoms with Crippen molar-refractivity contribution in [2.45, 2.75) is 6.92 Å². The van der Waals surface area contributed by atoms with Gasteiger partial charge in [0.15, 0.2) is 11.5 Å². The number of methoxy groups -OCH3 is 2. The molecule has 3 aromatic heterocycles. The summed E-state index contributed by atoms with van der Waals surface area (Å²) in [5, 5.41) is 2.53. The van der Waals surface area contributed by atoms with Crippen LogP contribution in [-0.4, -0.2) is 78.2 Å². The number of pyridine rings is 2. The van der Waals surface area contributed by atoms with E-state index in [9.17, 15) is 14.4 Å². The van der Waals surface area contributed by atoms with E-state index in [0.717, 1.165) is 16.3 Å². The second-order valence-corrected chi connectivity index (χ2v) is 9.11. The fraction of sp³-hybridized carbons (Fsp3) is 0.286. The van der Waals surface area contributed by atoms with Crippen LogP contribution in [0.1, 0.15) is 17.4 Å². The maximum Gasteiger partial charge on any atom is 0.409 e. The summed E-state index contributed by atoms with van der Waals surface area (Å²) >= 11 is 0. The van der Waals surface area contributed by atoms with Gasteiger partial charge in [-0.3, -0.25) is 14.0 Å². The molecule has 10 heteroatoms. The summed E-state index contributed by atoms with van der Waals surface area (Å²) in [6, 6.07) is 12.9. The van der Waals surface area contributed by atoms with Crippen LogP contribution in [0.3, 0.4) is 0 Å². The van der Waals surface area contributed by atoms with Gasteiger partial charge < -0.3 is 24.0 Å². The molecule has 10 nitrogen and oxygen atoms in total.